The third-order valence-corrected chi connectivity index (χ3v) is 1.80. The highest BCUT2D eigenvalue weighted by atomic mass is 35.5. The van der Waals surface area contributed by atoms with Crippen molar-refractivity contribution >= 4 is 11.6 Å². The summed E-state index contributed by atoms with van der Waals surface area (Å²) in [5.41, 5.74) is 0.624. The fourth-order valence-electron chi connectivity index (χ4n) is 0.748. The van der Waals surface area contributed by atoms with Crippen molar-refractivity contribution in [2.75, 3.05) is 6.61 Å². The molecule has 0 unspecified atom stereocenters. The molecule has 0 saturated heterocycles. The molecule has 1 aromatic rings. The van der Waals surface area contributed by atoms with E-state index in [9.17, 15) is 13.2 Å². The Morgan fingerprint density at radius 2 is 2.14 bits per heavy atom. The summed E-state index contributed by atoms with van der Waals surface area (Å²) in [5, 5.41) is 0.393. The van der Waals surface area contributed by atoms with Crippen molar-refractivity contribution in [1.82, 2.24) is 4.98 Å². The highest BCUT2D eigenvalue weighted by Crippen LogP contribution is 2.20. The fraction of sp³-hybridized carbons (Fsp3) is 0.375. The molecule has 1 rings (SSSR count). The van der Waals surface area contributed by atoms with E-state index >= 15 is 0 Å². The second-order valence-electron chi connectivity index (χ2n) is 2.68. The Labute approximate surface area is 83.7 Å². The maximum absolute atomic E-state index is 11.7. The van der Waals surface area contributed by atoms with Crippen molar-refractivity contribution in [3.05, 3.63) is 22.8 Å². The SMILES string of the molecule is Cc1cc(OCC(F)(F)F)ncc1Cl. The molecule has 0 N–H and O–H groups in total. The van der Waals surface area contributed by atoms with Gasteiger partial charge >= 0.3 is 6.18 Å². The lowest BCUT2D eigenvalue weighted by Crippen LogP contribution is -2.19. The first-order valence-electron chi connectivity index (χ1n) is 3.70. The summed E-state index contributed by atoms with van der Waals surface area (Å²) < 4.78 is 39.6. The molecule has 2 nitrogen and oxygen atoms in total. The monoisotopic (exact) mass is 225 g/mol. The fourth-order valence-corrected chi connectivity index (χ4v) is 0.852. The van der Waals surface area contributed by atoms with Gasteiger partial charge in [-0.25, -0.2) is 4.98 Å². The first kappa shape index (κ1) is 11.1. The van der Waals surface area contributed by atoms with Crippen LogP contribution < -0.4 is 4.74 Å². The van der Waals surface area contributed by atoms with Crippen LogP contribution in [-0.4, -0.2) is 17.8 Å². The van der Waals surface area contributed by atoms with Crippen LogP contribution in [0.4, 0.5) is 13.2 Å². The minimum absolute atomic E-state index is 0.0794. The van der Waals surface area contributed by atoms with Crippen LogP contribution in [0.25, 0.3) is 0 Å². The predicted octanol–water partition coefficient (Wildman–Crippen LogP) is 2.98. The Morgan fingerprint density at radius 3 is 2.64 bits per heavy atom. The smallest absolute Gasteiger partial charge is 0.422 e. The van der Waals surface area contributed by atoms with Crippen molar-refractivity contribution < 1.29 is 17.9 Å². The van der Waals surface area contributed by atoms with Gasteiger partial charge in [0.15, 0.2) is 6.61 Å². The van der Waals surface area contributed by atoms with E-state index in [1.54, 1.807) is 6.92 Å². The highest BCUT2D eigenvalue weighted by Gasteiger charge is 2.28. The number of aromatic nitrogens is 1. The van der Waals surface area contributed by atoms with Crippen LogP contribution in [0.3, 0.4) is 0 Å². The van der Waals surface area contributed by atoms with Gasteiger partial charge in [-0.2, -0.15) is 13.2 Å². The molecule has 0 atom stereocenters. The average Bonchev–Trinajstić information content (AvgIpc) is 2.06. The lowest BCUT2D eigenvalue weighted by molar-refractivity contribution is -0.154. The van der Waals surface area contributed by atoms with Crippen molar-refractivity contribution in [1.29, 1.82) is 0 Å². The molecule has 0 fully saturated rings. The number of halogens is 4. The molecule has 0 aliphatic carbocycles. The predicted molar refractivity (Wildman–Crippen MR) is 45.5 cm³/mol. The zero-order valence-electron chi connectivity index (χ0n) is 7.23. The third-order valence-electron chi connectivity index (χ3n) is 1.41. The average molecular weight is 226 g/mol. The number of nitrogens with zero attached hydrogens (tertiary/aromatic N) is 1. The van der Waals surface area contributed by atoms with Crippen LogP contribution in [0.15, 0.2) is 12.3 Å². The van der Waals surface area contributed by atoms with Crippen LogP contribution in [0.1, 0.15) is 5.56 Å². The van der Waals surface area contributed by atoms with Crippen LogP contribution in [-0.2, 0) is 0 Å². The maximum Gasteiger partial charge on any atom is 0.422 e. The number of pyridine rings is 1. The molecular weight excluding hydrogens is 219 g/mol. The summed E-state index contributed by atoms with van der Waals surface area (Å²) in [5.74, 6) is -0.0794. The summed E-state index contributed by atoms with van der Waals surface area (Å²) in [6.45, 7) is 0.311. The van der Waals surface area contributed by atoms with E-state index in [4.69, 9.17) is 11.6 Å². The normalized spacial score (nSPS) is 11.5. The van der Waals surface area contributed by atoms with Gasteiger partial charge in [0.25, 0.3) is 0 Å². The van der Waals surface area contributed by atoms with E-state index in [-0.39, 0.29) is 5.88 Å². The van der Waals surface area contributed by atoms with E-state index in [0.717, 1.165) is 0 Å². The van der Waals surface area contributed by atoms with Crippen LogP contribution >= 0.6 is 11.6 Å². The minimum Gasteiger partial charge on any atom is -0.468 e. The molecule has 78 valence electrons. The molecule has 1 heterocycles. The molecule has 0 radical (unpaired) electrons. The number of aryl methyl sites for hydroxylation is 1. The van der Waals surface area contributed by atoms with Gasteiger partial charge in [0.1, 0.15) is 0 Å². The van der Waals surface area contributed by atoms with Gasteiger partial charge in [0, 0.05) is 12.3 Å². The largest absolute Gasteiger partial charge is 0.468 e. The Kier molecular flexibility index (Phi) is 3.21. The molecule has 0 spiro atoms. The summed E-state index contributed by atoms with van der Waals surface area (Å²) >= 11 is 5.63. The van der Waals surface area contributed by atoms with Crippen LogP contribution in [0, 0.1) is 6.92 Å². The summed E-state index contributed by atoms with van der Waals surface area (Å²) in [6.07, 6.45) is -3.10. The van der Waals surface area contributed by atoms with Gasteiger partial charge in [0.2, 0.25) is 5.88 Å². The molecule has 14 heavy (non-hydrogen) atoms. The zero-order valence-corrected chi connectivity index (χ0v) is 7.99. The maximum atomic E-state index is 11.7. The molecular formula is C8H7ClF3NO. The van der Waals surface area contributed by atoms with E-state index < -0.39 is 12.8 Å². The van der Waals surface area contributed by atoms with Crippen molar-refractivity contribution in [2.45, 2.75) is 13.1 Å². The Morgan fingerprint density at radius 1 is 1.50 bits per heavy atom. The molecule has 0 aliphatic heterocycles. The highest BCUT2D eigenvalue weighted by molar-refractivity contribution is 6.31. The number of hydrogen-bond acceptors (Lipinski definition) is 2. The first-order chi connectivity index (χ1) is 6.38. The molecule has 6 heteroatoms. The summed E-state index contributed by atoms with van der Waals surface area (Å²) in [6, 6.07) is 1.36. The quantitative estimate of drug-likeness (QED) is 0.772. The van der Waals surface area contributed by atoms with Gasteiger partial charge in [-0.1, -0.05) is 11.6 Å². The number of hydrogen-bond donors (Lipinski definition) is 0. The topological polar surface area (TPSA) is 22.1 Å². The molecule has 0 bridgehead atoms. The van der Waals surface area contributed by atoms with E-state index in [1.165, 1.54) is 12.3 Å². The van der Waals surface area contributed by atoms with E-state index in [2.05, 4.69) is 9.72 Å². The van der Waals surface area contributed by atoms with E-state index in [1.807, 2.05) is 0 Å². The van der Waals surface area contributed by atoms with Gasteiger partial charge in [-0.05, 0) is 12.5 Å². The van der Waals surface area contributed by atoms with Gasteiger partial charge in [0.05, 0.1) is 5.02 Å². The second-order valence-corrected chi connectivity index (χ2v) is 3.08. The van der Waals surface area contributed by atoms with Crippen molar-refractivity contribution in [3.63, 3.8) is 0 Å². The third kappa shape index (κ3) is 3.41. The van der Waals surface area contributed by atoms with Gasteiger partial charge in [-0.3, -0.25) is 0 Å². The standard InChI is InChI=1S/C8H7ClF3NO/c1-5-2-7(13-3-6(5)9)14-4-8(10,11)12/h2-3H,4H2,1H3. The molecule has 0 aliphatic rings. The lowest BCUT2D eigenvalue weighted by atomic mass is 10.3. The summed E-state index contributed by atoms with van der Waals surface area (Å²) in [4.78, 5) is 3.59. The van der Waals surface area contributed by atoms with Gasteiger partial charge in [-0.15, -0.1) is 0 Å². The van der Waals surface area contributed by atoms with Crippen LogP contribution in [0.2, 0.25) is 5.02 Å². The lowest BCUT2D eigenvalue weighted by Gasteiger charge is -2.08. The molecule has 0 saturated carbocycles. The van der Waals surface area contributed by atoms with Gasteiger partial charge < -0.3 is 4.74 Å². The minimum atomic E-state index is -4.35. The van der Waals surface area contributed by atoms with Crippen LogP contribution in [0.5, 0.6) is 5.88 Å². The summed E-state index contributed by atoms with van der Waals surface area (Å²) in [7, 11) is 0. The number of rotatable bonds is 2. The Hall–Kier alpha value is -0.970. The molecule has 1 aromatic heterocycles. The van der Waals surface area contributed by atoms with Crippen molar-refractivity contribution in [3.8, 4) is 5.88 Å². The zero-order chi connectivity index (χ0) is 10.8. The first-order valence-corrected chi connectivity index (χ1v) is 4.08. The molecule has 0 aromatic carbocycles. The second kappa shape index (κ2) is 4.04. The number of alkyl halides is 3. The Balaban J connectivity index is 2.65. The van der Waals surface area contributed by atoms with E-state index in [0.29, 0.717) is 10.6 Å². The Bertz CT molecular complexity index is 327. The number of ether oxygens (including phenoxy) is 1. The molecule has 0 amide bonds. The van der Waals surface area contributed by atoms with Crippen molar-refractivity contribution in [2.24, 2.45) is 0 Å².